The third-order valence-corrected chi connectivity index (χ3v) is 2.65. The molecule has 5 heteroatoms. The van der Waals surface area contributed by atoms with Gasteiger partial charge in [-0.3, -0.25) is 5.41 Å². The molecule has 5 nitrogen and oxygen atoms in total. The number of nitrogens with zero attached hydrogens (tertiary/aromatic N) is 2. The van der Waals surface area contributed by atoms with Crippen LogP contribution in [-0.4, -0.2) is 37.1 Å². The molecule has 0 fully saturated rings. The topological polar surface area (TPSA) is 75.2 Å². The van der Waals surface area contributed by atoms with Crippen LogP contribution in [0.2, 0.25) is 0 Å². The number of anilines is 1. The van der Waals surface area contributed by atoms with Crippen LogP contribution in [0.3, 0.4) is 0 Å². The van der Waals surface area contributed by atoms with E-state index in [2.05, 4.69) is 4.98 Å². The summed E-state index contributed by atoms with van der Waals surface area (Å²) in [7, 11) is 1.93. The van der Waals surface area contributed by atoms with Gasteiger partial charge in [-0.25, -0.2) is 4.98 Å². The van der Waals surface area contributed by atoms with Crippen LogP contribution in [0.25, 0.3) is 0 Å². The van der Waals surface area contributed by atoms with Crippen molar-refractivity contribution in [1.29, 1.82) is 5.41 Å². The summed E-state index contributed by atoms with van der Waals surface area (Å²) in [5.74, 6) is 0.780. The van der Waals surface area contributed by atoms with Gasteiger partial charge in [-0.1, -0.05) is 0 Å². The first-order chi connectivity index (χ1) is 8.43. The minimum Gasteiger partial charge on any atom is -0.384 e. The summed E-state index contributed by atoms with van der Waals surface area (Å²) in [6.45, 7) is 7.29. The number of nitrogens with one attached hydrogen (secondary N) is 1. The fourth-order valence-corrected chi connectivity index (χ4v) is 1.70. The predicted octanol–water partition coefficient (Wildman–Crippen LogP) is 1.54. The van der Waals surface area contributed by atoms with Crippen LogP contribution < -0.4 is 10.6 Å². The minimum atomic E-state index is 0.0484. The molecule has 3 N–H and O–H groups in total. The molecule has 1 aromatic heterocycles. The molecule has 0 saturated heterocycles. The molecule has 0 atom stereocenters. The summed E-state index contributed by atoms with van der Waals surface area (Å²) in [6, 6.07) is 1.86. The highest BCUT2D eigenvalue weighted by Crippen LogP contribution is 2.19. The third-order valence-electron chi connectivity index (χ3n) is 2.65. The Morgan fingerprint density at radius 1 is 1.56 bits per heavy atom. The van der Waals surface area contributed by atoms with Gasteiger partial charge in [0, 0.05) is 19.8 Å². The lowest BCUT2D eigenvalue weighted by Gasteiger charge is -2.22. The maximum absolute atomic E-state index is 7.64. The second kappa shape index (κ2) is 6.35. The zero-order chi connectivity index (χ0) is 13.7. The molecule has 1 aromatic rings. The number of likely N-dealkylation sites (N-methyl/N-ethyl adjacent to an activating group) is 1. The molecule has 0 unspecified atom stereocenters. The number of amidine groups is 1. The van der Waals surface area contributed by atoms with Crippen molar-refractivity contribution in [1.82, 2.24) is 4.98 Å². The van der Waals surface area contributed by atoms with Crippen molar-refractivity contribution in [2.24, 2.45) is 5.73 Å². The Kier molecular flexibility index (Phi) is 5.09. The highest BCUT2D eigenvalue weighted by Gasteiger charge is 2.13. The van der Waals surface area contributed by atoms with Crippen LogP contribution in [0.4, 0.5) is 5.82 Å². The first-order valence-electron chi connectivity index (χ1n) is 6.06. The summed E-state index contributed by atoms with van der Waals surface area (Å²) >= 11 is 0. The molecule has 0 spiro atoms. The smallest absolute Gasteiger partial charge is 0.139 e. The summed E-state index contributed by atoms with van der Waals surface area (Å²) in [4.78, 5) is 6.27. The van der Waals surface area contributed by atoms with E-state index in [1.165, 1.54) is 0 Å². The van der Waals surface area contributed by atoms with E-state index in [-0.39, 0.29) is 11.9 Å². The molecular weight excluding hydrogens is 228 g/mol. The van der Waals surface area contributed by atoms with Gasteiger partial charge < -0.3 is 15.4 Å². The maximum Gasteiger partial charge on any atom is 0.139 e. The Bertz CT molecular complexity index is 417. The second-order valence-electron chi connectivity index (χ2n) is 4.58. The first-order valence-corrected chi connectivity index (χ1v) is 6.06. The molecule has 0 amide bonds. The largest absolute Gasteiger partial charge is 0.384 e. The van der Waals surface area contributed by atoms with E-state index in [1.807, 2.05) is 38.8 Å². The molecule has 0 radical (unpaired) electrons. The van der Waals surface area contributed by atoms with Gasteiger partial charge in [0.1, 0.15) is 11.7 Å². The summed E-state index contributed by atoms with van der Waals surface area (Å²) in [5.41, 5.74) is 7.28. The zero-order valence-corrected chi connectivity index (χ0v) is 11.5. The van der Waals surface area contributed by atoms with Gasteiger partial charge in [0.15, 0.2) is 0 Å². The number of nitrogens with two attached hydrogens (primary N) is 1. The molecule has 0 aliphatic carbocycles. The van der Waals surface area contributed by atoms with Gasteiger partial charge >= 0.3 is 0 Å². The summed E-state index contributed by atoms with van der Waals surface area (Å²) in [5, 5.41) is 7.64. The van der Waals surface area contributed by atoms with Crippen molar-refractivity contribution in [3.63, 3.8) is 0 Å². The third kappa shape index (κ3) is 3.70. The number of hydrogen-bond acceptors (Lipinski definition) is 4. The monoisotopic (exact) mass is 250 g/mol. The van der Waals surface area contributed by atoms with Gasteiger partial charge in [-0.05, 0) is 32.4 Å². The second-order valence-corrected chi connectivity index (χ2v) is 4.58. The molecule has 0 aliphatic heterocycles. The predicted molar refractivity (Wildman–Crippen MR) is 74.3 cm³/mol. The lowest BCUT2D eigenvalue weighted by Crippen LogP contribution is -2.28. The molecule has 1 rings (SSSR count). The van der Waals surface area contributed by atoms with Gasteiger partial charge in [0.2, 0.25) is 0 Å². The highest BCUT2D eigenvalue weighted by molar-refractivity contribution is 6.00. The first kappa shape index (κ1) is 14.4. The molecule has 0 aliphatic rings. The lowest BCUT2D eigenvalue weighted by molar-refractivity contribution is 0.0845. The van der Waals surface area contributed by atoms with E-state index in [0.717, 1.165) is 17.9 Å². The van der Waals surface area contributed by atoms with Crippen LogP contribution in [0.1, 0.15) is 25.0 Å². The maximum atomic E-state index is 7.64. The average molecular weight is 250 g/mol. The van der Waals surface area contributed by atoms with Gasteiger partial charge in [0.25, 0.3) is 0 Å². The van der Waals surface area contributed by atoms with Gasteiger partial charge in [0.05, 0.1) is 18.3 Å². The number of hydrogen-bond donors (Lipinski definition) is 2. The lowest BCUT2D eigenvalue weighted by atomic mass is 10.1. The molecule has 100 valence electrons. The van der Waals surface area contributed by atoms with Crippen LogP contribution in [-0.2, 0) is 4.74 Å². The van der Waals surface area contributed by atoms with Crippen molar-refractivity contribution in [3.05, 3.63) is 23.4 Å². The number of rotatable bonds is 6. The fourth-order valence-electron chi connectivity index (χ4n) is 1.70. The zero-order valence-electron chi connectivity index (χ0n) is 11.5. The summed E-state index contributed by atoms with van der Waals surface area (Å²) in [6.07, 6.45) is 1.95. The van der Waals surface area contributed by atoms with Crippen molar-refractivity contribution in [3.8, 4) is 0 Å². The quantitative estimate of drug-likeness (QED) is 0.593. The molecule has 0 aromatic carbocycles. The van der Waals surface area contributed by atoms with Crippen molar-refractivity contribution < 1.29 is 4.74 Å². The van der Waals surface area contributed by atoms with Crippen LogP contribution >= 0.6 is 0 Å². The van der Waals surface area contributed by atoms with Crippen molar-refractivity contribution in [2.75, 3.05) is 25.1 Å². The van der Waals surface area contributed by atoms with Gasteiger partial charge in [-0.2, -0.15) is 0 Å². The normalized spacial score (nSPS) is 10.7. The Balaban J connectivity index is 2.82. The van der Waals surface area contributed by atoms with E-state index in [1.54, 1.807) is 6.20 Å². The van der Waals surface area contributed by atoms with Crippen molar-refractivity contribution in [2.45, 2.75) is 26.9 Å². The number of ether oxygens (including phenoxy) is 1. The minimum absolute atomic E-state index is 0.0484. The fraction of sp³-hybridized carbons (Fsp3) is 0.538. The van der Waals surface area contributed by atoms with Crippen LogP contribution in [0.5, 0.6) is 0 Å². The molecule has 0 bridgehead atoms. The SMILES string of the molecule is Cc1ccnc(N(C)CCOC(C)C)c1C(=N)N. The van der Waals surface area contributed by atoms with E-state index in [9.17, 15) is 0 Å². The standard InChI is InChI=1S/C13H22N4O/c1-9(2)18-8-7-17(4)13-11(12(14)15)10(3)5-6-16-13/h5-6,9H,7-8H2,1-4H3,(H3,14,15). The van der Waals surface area contributed by atoms with Gasteiger partial charge in [-0.15, -0.1) is 0 Å². The van der Waals surface area contributed by atoms with Crippen molar-refractivity contribution >= 4 is 11.7 Å². The Morgan fingerprint density at radius 3 is 2.78 bits per heavy atom. The molecule has 0 saturated carbocycles. The Labute approximate surface area is 108 Å². The number of nitrogen functional groups attached to an aromatic ring is 1. The molecule has 18 heavy (non-hydrogen) atoms. The average Bonchev–Trinajstić information content (AvgIpc) is 2.27. The number of aryl methyl sites for hydroxylation is 1. The number of aromatic nitrogens is 1. The molecular formula is C13H22N4O. The van der Waals surface area contributed by atoms with E-state index in [0.29, 0.717) is 12.2 Å². The van der Waals surface area contributed by atoms with E-state index >= 15 is 0 Å². The Hall–Kier alpha value is -1.62. The van der Waals surface area contributed by atoms with Crippen LogP contribution in [0, 0.1) is 12.3 Å². The highest BCUT2D eigenvalue weighted by atomic mass is 16.5. The van der Waals surface area contributed by atoms with E-state index in [4.69, 9.17) is 15.9 Å². The van der Waals surface area contributed by atoms with E-state index < -0.39 is 0 Å². The number of pyridine rings is 1. The summed E-state index contributed by atoms with van der Waals surface area (Å²) < 4.78 is 5.51. The molecule has 1 heterocycles. The van der Waals surface area contributed by atoms with Crippen LogP contribution in [0.15, 0.2) is 12.3 Å². The Morgan fingerprint density at radius 2 is 2.22 bits per heavy atom.